The minimum atomic E-state index is 0.731. The Labute approximate surface area is 69.3 Å². The van der Waals surface area contributed by atoms with E-state index >= 15 is 0 Å². The van der Waals surface area contributed by atoms with Crippen LogP contribution in [0.15, 0.2) is 0 Å². The molecule has 0 amide bonds. The summed E-state index contributed by atoms with van der Waals surface area (Å²) in [5.74, 6) is 0.807. The van der Waals surface area contributed by atoms with Gasteiger partial charge in [0.1, 0.15) is 0 Å². The standard InChI is InChI=1S/C6H9IN2/c7-9-4-6(5-9)2-1-3-8/h6H,1-2,4-5H2. The summed E-state index contributed by atoms with van der Waals surface area (Å²) in [5.41, 5.74) is 0. The Morgan fingerprint density at radius 3 is 2.78 bits per heavy atom. The first-order chi connectivity index (χ1) is 4.33. The monoisotopic (exact) mass is 236 g/mol. The molecule has 0 atom stereocenters. The molecule has 0 aromatic rings. The van der Waals surface area contributed by atoms with Gasteiger partial charge in [0.05, 0.1) is 6.07 Å². The van der Waals surface area contributed by atoms with Crippen molar-refractivity contribution in [1.82, 2.24) is 3.11 Å². The van der Waals surface area contributed by atoms with Crippen molar-refractivity contribution in [3.8, 4) is 6.07 Å². The minimum Gasteiger partial charge on any atom is -0.247 e. The van der Waals surface area contributed by atoms with Gasteiger partial charge in [0.2, 0.25) is 0 Å². The van der Waals surface area contributed by atoms with Crippen LogP contribution in [-0.4, -0.2) is 16.2 Å². The topological polar surface area (TPSA) is 27.0 Å². The van der Waals surface area contributed by atoms with Crippen LogP contribution in [0.3, 0.4) is 0 Å². The number of rotatable bonds is 2. The van der Waals surface area contributed by atoms with E-state index in [0.29, 0.717) is 0 Å². The van der Waals surface area contributed by atoms with Crippen LogP contribution in [0.2, 0.25) is 0 Å². The molecular formula is C6H9IN2. The van der Waals surface area contributed by atoms with E-state index in [2.05, 4.69) is 32.0 Å². The number of hydrogen-bond acceptors (Lipinski definition) is 2. The van der Waals surface area contributed by atoms with E-state index in [1.165, 1.54) is 13.1 Å². The summed E-state index contributed by atoms with van der Waals surface area (Å²) in [6.45, 7) is 2.37. The van der Waals surface area contributed by atoms with Crippen LogP contribution in [0.25, 0.3) is 0 Å². The van der Waals surface area contributed by atoms with Crippen LogP contribution in [0.5, 0.6) is 0 Å². The molecule has 1 aliphatic rings. The molecule has 50 valence electrons. The lowest BCUT2D eigenvalue weighted by molar-refractivity contribution is 0.231. The molecule has 3 heteroatoms. The molecule has 0 radical (unpaired) electrons. The maximum atomic E-state index is 8.24. The first-order valence-electron chi connectivity index (χ1n) is 3.10. The molecule has 0 spiro atoms. The highest BCUT2D eigenvalue weighted by Gasteiger charge is 2.23. The second-order valence-corrected chi connectivity index (χ2v) is 3.76. The molecular weight excluding hydrogens is 227 g/mol. The van der Waals surface area contributed by atoms with Crippen molar-refractivity contribution in [1.29, 1.82) is 5.26 Å². The minimum absolute atomic E-state index is 0.731. The molecule has 0 unspecified atom stereocenters. The number of hydrogen-bond donors (Lipinski definition) is 0. The Morgan fingerprint density at radius 1 is 1.67 bits per heavy atom. The quantitative estimate of drug-likeness (QED) is 0.537. The van der Waals surface area contributed by atoms with E-state index in [0.717, 1.165) is 18.8 Å². The van der Waals surface area contributed by atoms with Crippen LogP contribution < -0.4 is 0 Å². The predicted molar refractivity (Wildman–Crippen MR) is 43.9 cm³/mol. The van der Waals surface area contributed by atoms with E-state index in [9.17, 15) is 0 Å². The zero-order valence-electron chi connectivity index (χ0n) is 5.18. The van der Waals surface area contributed by atoms with Crippen molar-refractivity contribution in [3.63, 3.8) is 0 Å². The summed E-state index contributed by atoms with van der Waals surface area (Å²) < 4.78 is 2.25. The van der Waals surface area contributed by atoms with Crippen LogP contribution in [0.4, 0.5) is 0 Å². The Kier molecular flexibility index (Phi) is 2.73. The highest BCUT2D eigenvalue weighted by molar-refractivity contribution is 14.1. The fourth-order valence-electron chi connectivity index (χ4n) is 0.958. The van der Waals surface area contributed by atoms with Crippen LogP contribution in [-0.2, 0) is 0 Å². The highest BCUT2D eigenvalue weighted by Crippen LogP contribution is 2.22. The first-order valence-corrected chi connectivity index (χ1v) is 4.07. The van der Waals surface area contributed by atoms with E-state index in [-0.39, 0.29) is 0 Å². The summed E-state index contributed by atoms with van der Waals surface area (Å²) in [5, 5.41) is 8.24. The van der Waals surface area contributed by atoms with Crippen molar-refractivity contribution >= 4 is 22.9 Å². The maximum absolute atomic E-state index is 8.24. The van der Waals surface area contributed by atoms with Gasteiger partial charge in [-0.2, -0.15) is 5.26 Å². The normalized spacial score (nSPS) is 20.9. The van der Waals surface area contributed by atoms with Crippen molar-refractivity contribution < 1.29 is 0 Å². The van der Waals surface area contributed by atoms with E-state index in [4.69, 9.17) is 5.26 Å². The van der Waals surface area contributed by atoms with Gasteiger partial charge < -0.3 is 0 Å². The van der Waals surface area contributed by atoms with E-state index in [1.54, 1.807) is 0 Å². The molecule has 1 aliphatic heterocycles. The third-order valence-corrected chi connectivity index (χ3v) is 2.36. The Morgan fingerprint density at radius 2 is 2.33 bits per heavy atom. The number of nitrogens with zero attached hydrogens (tertiary/aromatic N) is 2. The number of nitriles is 1. The Hall–Kier alpha value is 0.180. The lowest BCUT2D eigenvalue weighted by atomic mass is 9.98. The third-order valence-electron chi connectivity index (χ3n) is 1.58. The largest absolute Gasteiger partial charge is 0.247 e. The number of halogens is 1. The van der Waals surface area contributed by atoms with Gasteiger partial charge in [-0.15, -0.1) is 0 Å². The SMILES string of the molecule is N#CCCC1CN(I)C1. The summed E-state index contributed by atoms with van der Waals surface area (Å²) in [4.78, 5) is 0. The Balaban J connectivity index is 1.99. The molecule has 0 N–H and O–H groups in total. The summed E-state index contributed by atoms with van der Waals surface area (Å²) >= 11 is 2.31. The van der Waals surface area contributed by atoms with Gasteiger partial charge in [-0.3, -0.25) is 0 Å². The summed E-state index contributed by atoms with van der Waals surface area (Å²) in [6.07, 6.45) is 1.82. The van der Waals surface area contributed by atoms with Crippen LogP contribution >= 0.6 is 22.9 Å². The van der Waals surface area contributed by atoms with Gasteiger partial charge >= 0.3 is 0 Å². The van der Waals surface area contributed by atoms with Gasteiger partial charge in [-0.05, 0) is 12.3 Å². The van der Waals surface area contributed by atoms with Crippen molar-refractivity contribution in [2.24, 2.45) is 5.92 Å². The average Bonchev–Trinajstić information content (AvgIpc) is 1.78. The first kappa shape index (κ1) is 7.29. The molecule has 9 heavy (non-hydrogen) atoms. The second kappa shape index (κ2) is 3.37. The third kappa shape index (κ3) is 2.11. The van der Waals surface area contributed by atoms with Gasteiger partial charge in [0.25, 0.3) is 0 Å². The van der Waals surface area contributed by atoms with Gasteiger partial charge in [-0.1, -0.05) is 0 Å². The fraction of sp³-hybridized carbons (Fsp3) is 0.833. The fourth-order valence-corrected chi connectivity index (χ4v) is 2.07. The Bertz CT molecular complexity index is 124. The van der Waals surface area contributed by atoms with Gasteiger partial charge in [0, 0.05) is 42.4 Å². The molecule has 1 heterocycles. The molecule has 0 aromatic carbocycles. The molecule has 0 saturated carbocycles. The van der Waals surface area contributed by atoms with E-state index in [1.807, 2.05) is 0 Å². The van der Waals surface area contributed by atoms with Gasteiger partial charge in [0.15, 0.2) is 0 Å². The van der Waals surface area contributed by atoms with Crippen LogP contribution in [0.1, 0.15) is 12.8 Å². The molecule has 0 bridgehead atoms. The lowest BCUT2D eigenvalue weighted by Gasteiger charge is -2.33. The zero-order valence-corrected chi connectivity index (χ0v) is 7.34. The molecule has 0 aliphatic carbocycles. The smallest absolute Gasteiger partial charge is 0.0621 e. The van der Waals surface area contributed by atoms with Crippen molar-refractivity contribution in [3.05, 3.63) is 0 Å². The zero-order chi connectivity index (χ0) is 6.69. The maximum Gasteiger partial charge on any atom is 0.0621 e. The summed E-state index contributed by atoms with van der Waals surface area (Å²) in [7, 11) is 0. The van der Waals surface area contributed by atoms with Crippen molar-refractivity contribution in [2.45, 2.75) is 12.8 Å². The predicted octanol–water partition coefficient (Wildman–Crippen LogP) is 1.57. The molecule has 0 aromatic heterocycles. The average molecular weight is 236 g/mol. The molecule has 1 fully saturated rings. The summed E-state index contributed by atoms with van der Waals surface area (Å²) in [6, 6.07) is 2.16. The molecule has 1 rings (SSSR count). The lowest BCUT2D eigenvalue weighted by Crippen LogP contribution is -2.39. The van der Waals surface area contributed by atoms with Crippen molar-refractivity contribution in [2.75, 3.05) is 13.1 Å². The highest BCUT2D eigenvalue weighted by atomic mass is 127. The van der Waals surface area contributed by atoms with E-state index < -0.39 is 0 Å². The second-order valence-electron chi connectivity index (χ2n) is 2.39. The van der Waals surface area contributed by atoms with Crippen LogP contribution in [0, 0.1) is 17.2 Å². The van der Waals surface area contributed by atoms with Gasteiger partial charge in [-0.25, -0.2) is 3.11 Å². The molecule has 2 nitrogen and oxygen atoms in total. The molecule has 1 saturated heterocycles.